The van der Waals surface area contributed by atoms with Crippen molar-refractivity contribution in [3.8, 4) is 11.5 Å². The highest BCUT2D eigenvalue weighted by Crippen LogP contribution is 2.35. The molecule has 0 atom stereocenters. The number of hydrogen-bond donors (Lipinski definition) is 2. The number of nitrogens with one attached hydrogen (secondary N) is 2. The molecule has 0 saturated carbocycles. The van der Waals surface area contributed by atoms with E-state index in [-0.39, 0.29) is 18.1 Å². The van der Waals surface area contributed by atoms with Gasteiger partial charge in [0.1, 0.15) is 6.61 Å². The Balaban J connectivity index is 0.00000385. The number of nitrogens with zero attached hydrogens (tertiary/aromatic N) is 1. The summed E-state index contributed by atoms with van der Waals surface area (Å²) >= 11 is 9.64. The van der Waals surface area contributed by atoms with Crippen molar-refractivity contribution in [1.29, 1.82) is 0 Å². The van der Waals surface area contributed by atoms with Gasteiger partial charge in [-0.25, -0.2) is 0 Å². The van der Waals surface area contributed by atoms with Crippen LogP contribution in [-0.4, -0.2) is 25.1 Å². The van der Waals surface area contributed by atoms with E-state index in [0.29, 0.717) is 48.5 Å². The number of anilines is 1. The molecule has 3 aromatic rings. The van der Waals surface area contributed by atoms with Crippen molar-refractivity contribution < 1.29 is 14.4 Å². The Kier molecular flexibility index (Phi) is 10.7. The smallest absolute Gasteiger partial charge is 0.271 e. The summed E-state index contributed by atoms with van der Waals surface area (Å²) in [5.41, 5.74) is 2.64. The van der Waals surface area contributed by atoms with Crippen LogP contribution in [0, 0.1) is 10.1 Å². The normalized spacial score (nSPS) is 10.3. The minimum absolute atomic E-state index is 0. The van der Waals surface area contributed by atoms with Crippen LogP contribution in [0.2, 0.25) is 5.02 Å². The summed E-state index contributed by atoms with van der Waals surface area (Å²) in [5.74, 6) is 1.35. The number of non-ortho nitro benzene ring substituents is 1. The van der Waals surface area contributed by atoms with Gasteiger partial charge in [-0.3, -0.25) is 10.1 Å². The first-order valence-corrected chi connectivity index (χ1v) is 11.1. The minimum atomic E-state index is -0.471. The molecular weight excluding hydrogens is 533 g/mol. The Morgan fingerprint density at radius 1 is 1.09 bits per heavy atom. The molecule has 0 aliphatic heterocycles. The van der Waals surface area contributed by atoms with E-state index in [1.165, 1.54) is 12.1 Å². The van der Waals surface area contributed by atoms with Crippen LogP contribution >= 0.6 is 39.9 Å². The van der Waals surface area contributed by atoms with Gasteiger partial charge in [0.25, 0.3) is 5.69 Å². The SMILES string of the molecule is COc1cc(Br)cc(CNCCNc2ccc([N+](=O)[O-])cc2Cl)c1OCc1ccccc1.Cl. The maximum Gasteiger partial charge on any atom is 0.271 e. The number of benzene rings is 3. The Morgan fingerprint density at radius 3 is 2.52 bits per heavy atom. The van der Waals surface area contributed by atoms with E-state index in [1.54, 1.807) is 13.2 Å². The Bertz CT molecular complexity index is 1070. The lowest BCUT2D eigenvalue weighted by Crippen LogP contribution is -2.22. The maximum atomic E-state index is 10.8. The van der Waals surface area contributed by atoms with Gasteiger partial charge < -0.3 is 20.1 Å². The fourth-order valence-electron chi connectivity index (χ4n) is 3.07. The van der Waals surface area contributed by atoms with E-state index in [1.807, 2.05) is 42.5 Å². The predicted octanol–water partition coefficient (Wildman–Crippen LogP) is 6.22. The second kappa shape index (κ2) is 13.3. The van der Waals surface area contributed by atoms with Gasteiger partial charge in [-0.15, -0.1) is 12.4 Å². The van der Waals surface area contributed by atoms with Crippen LogP contribution < -0.4 is 20.1 Å². The number of methoxy groups -OCH3 is 1. The summed E-state index contributed by atoms with van der Waals surface area (Å²) in [6.07, 6.45) is 0. The van der Waals surface area contributed by atoms with Crippen molar-refractivity contribution in [1.82, 2.24) is 5.32 Å². The van der Waals surface area contributed by atoms with Crippen LogP contribution in [-0.2, 0) is 13.2 Å². The summed E-state index contributed by atoms with van der Waals surface area (Å²) in [6.45, 7) is 2.23. The first-order chi connectivity index (χ1) is 15.5. The minimum Gasteiger partial charge on any atom is -0.493 e. The highest BCUT2D eigenvalue weighted by molar-refractivity contribution is 9.10. The van der Waals surface area contributed by atoms with Gasteiger partial charge in [0, 0.05) is 41.8 Å². The summed E-state index contributed by atoms with van der Waals surface area (Å²) in [7, 11) is 1.62. The highest BCUT2D eigenvalue weighted by Gasteiger charge is 2.13. The molecule has 0 unspecified atom stereocenters. The summed E-state index contributed by atoms with van der Waals surface area (Å²) < 4.78 is 12.5. The van der Waals surface area contributed by atoms with Crippen molar-refractivity contribution in [2.45, 2.75) is 13.2 Å². The van der Waals surface area contributed by atoms with Crippen LogP contribution in [0.5, 0.6) is 11.5 Å². The van der Waals surface area contributed by atoms with Gasteiger partial charge in [0.2, 0.25) is 0 Å². The zero-order chi connectivity index (χ0) is 22.9. The molecule has 0 bridgehead atoms. The monoisotopic (exact) mass is 555 g/mol. The maximum absolute atomic E-state index is 10.8. The van der Waals surface area contributed by atoms with E-state index in [2.05, 4.69) is 26.6 Å². The van der Waals surface area contributed by atoms with Crippen LogP contribution in [0.15, 0.2) is 65.1 Å². The van der Waals surface area contributed by atoms with Gasteiger partial charge in [-0.1, -0.05) is 57.9 Å². The van der Waals surface area contributed by atoms with E-state index in [0.717, 1.165) is 15.6 Å². The molecule has 0 fully saturated rings. The molecule has 0 radical (unpaired) electrons. The van der Waals surface area contributed by atoms with Gasteiger partial charge in [-0.2, -0.15) is 0 Å². The van der Waals surface area contributed by atoms with Crippen molar-refractivity contribution >= 4 is 51.3 Å². The van der Waals surface area contributed by atoms with Crippen LogP contribution in [0.4, 0.5) is 11.4 Å². The third-order valence-electron chi connectivity index (χ3n) is 4.64. The Morgan fingerprint density at radius 2 is 1.85 bits per heavy atom. The molecule has 0 aliphatic carbocycles. The van der Waals surface area contributed by atoms with E-state index >= 15 is 0 Å². The quantitative estimate of drug-likeness (QED) is 0.166. The van der Waals surface area contributed by atoms with E-state index in [4.69, 9.17) is 21.1 Å². The summed E-state index contributed by atoms with van der Waals surface area (Å²) in [4.78, 5) is 10.3. The molecule has 0 saturated heterocycles. The lowest BCUT2D eigenvalue weighted by Gasteiger charge is -2.17. The molecule has 0 amide bonds. The zero-order valence-electron chi connectivity index (χ0n) is 17.8. The average molecular weight is 557 g/mol. The number of nitro groups is 1. The van der Waals surface area contributed by atoms with Gasteiger partial charge in [0.15, 0.2) is 11.5 Å². The van der Waals surface area contributed by atoms with Gasteiger partial charge in [-0.05, 0) is 23.8 Å². The Labute approximate surface area is 212 Å². The third kappa shape index (κ3) is 7.78. The Hall–Kier alpha value is -2.52. The molecule has 33 heavy (non-hydrogen) atoms. The van der Waals surface area contributed by atoms with Crippen molar-refractivity contribution in [2.75, 3.05) is 25.5 Å². The van der Waals surface area contributed by atoms with Crippen molar-refractivity contribution in [3.63, 3.8) is 0 Å². The predicted molar refractivity (Wildman–Crippen MR) is 137 cm³/mol. The van der Waals surface area contributed by atoms with Crippen molar-refractivity contribution in [3.05, 3.63) is 91.4 Å². The van der Waals surface area contributed by atoms with Crippen LogP contribution in [0.3, 0.4) is 0 Å². The van der Waals surface area contributed by atoms with Crippen molar-refractivity contribution in [2.24, 2.45) is 0 Å². The molecule has 3 aromatic carbocycles. The third-order valence-corrected chi connectivity index (χ3v) is 5.41. The average Bonchev–Trinajstić information content (AvgIpc) is 2.79. The largest absolute Gasteiger partial charge is 0.493 e. The number of hydrogen-bond acceptors (Lipinski definition) is 6. The van der Waals surface area contributed by atoms with E-state index < -0.39 is 4.92 Å². The number of rotatable bonds is 11. The lowest BCUT2D eigenvalue weighted by molar-refractivity contribution is -0.384. The first kappa shape index (κ1) is 26.7. The first-order valence-electron chi connectivity index (χ1n) is 9.89. The molecule has 10 heteroatoms. The number of nitro benzene ring substituents is 1. The van der Waals surface area contributed by atoms with Gasteiger partial charge in [0.05, 0.1) is 22.7 Å². The van der Waals surface area contributed by atoms with Crippen LogP contribution in [0.1, 0.15) is 11.1 Å². The fraction of sp³-hybridized carbons (Fsp3) is 0.217. The molecule has 176 valence electrons. The van der Waals surface area contributed by atoms with Crippen LogP contribution in [0.25, 0.3) is 0 Å². The number of halogens is 3. The topological polar surface area (TPSA) is 85.7 Å². The second-order valence-corrected chi connectivity index (χ2v) is 8.22. The zero-order valence-corrected chi connectivity index (χ0v) is 21.0. The fourth-order valence-corrected chi connectivity index (χ4v) is 3.79. The summed E-state index contributed by atoms with van der Waals surface area (Å²) in [6, 6.07) is 18.2. The summed E-state index contributed by atoms with van der Waals surface area (Å²) in [5, 5.41) is 17.7. The van der Waals surface area contributed by atoms with Gasteiger partial charge >= 0.3 is 0 Å². The molecule has 2 N–H and O–H groups in total. The molecule has 0 aliphatic rings. The molecule has 0 aromatic heterocycles. The molecule has 7 nitrogen and oxygen atoms in total. The second-order valence-electron chi connectivity index (χ2n) is 6.90. The standard InChI is InChI=1S/C23H23BrClN3O4.ClH/c1-31-22-12-18(24)11-17(23(22)32-15-16-5-3-2-4-6-16)14-26-9-10-27-21-8-7-19(28(29)30)13-20(21)25;/h2-8,11-13,26-27H,9-10,14-15H2,1H3;1H. The molecule has 0 spiro atoms. The lowest BCUT2D eigenvalue weighted by atomic mass is 10.1. The molecule has 3 rings (SSSR count). The van der Waals surface area contributed by atoms with E-state index in [9.17, 15) is 10.1 Å². The molecule has 0 heterocycles. The highest BCUT2D eigenvalue weighted by atomic mass is 79.9. The number of ether oxygens (including phenoxy) is 2. The molecular formula is C23H24BrCl2N3O4.